The second kappa shape index (κ2) is 2.73. The van der Waals surface area contributed by atoms with Gasteiger partial charge in [0, 0.05) is 16.3 Å². The summed E-state index contributed by atoms with van der Waals surface area (Å²) in [6.07, 6.45) is 0. The van der Waals surface area contributed by atoms with Gasteiger partial charge in [0.15, 0.2) is 0 Å². The number of nitrogens with one attached hydrogen (secondary N) is 1. The number of aryl methyl sites for hydroxylation is 1. The van der Waals surface area contributed by atoms with Gasteiger partial charge in [-0.25, -0.2) is 4.98 Å². The van der Waals surface area contributed by atoms with Crippen molar-refractivity contribution in [1.29, 1.82) is 0 Å². The number of rotatable bonds is 0. The van der Waals surface area contributed by atoms with Gasteiger partial charge >= 0.3 is 0 Å². The van der Waals surface area contributed by atoms with E-state index in [1.54, 1.807) is 0 Å². The number of nitrogen functional groups attached to an aromatic ring is 1. The number of pyridine rings is 1. The molecule has 0 fully saturated rings. The summed E-state index contributed by atoms with van der Waals surface area (Å²) in [5.74, 6) is 0.592. The first-order valence-electron chi connectivity index (χ1n) is 4.89. The molecule has 2 aromatic heterocycles. The van der Waals surface area contributed by atoms with Gasteiger partial charge in [0.25, 0.3) is 0 Å². The maximum Gasteiger partial charge on any atom is 0.140 e. The third-order valence-electron chi connectivity index (χ3n) is 2.72. The van der Waals surface area contributed by atoms with Crippen LogP contribution in [0.5, 0.6) is 0 Å². The number of hydrogen-bond donors (Lipinski definition) is 2. The molecule has 0 aliphatic heterocycles. The molecule has 15 heavy (non-hydrogen) atoms. The lowest BCUT2D eigenvalue weighted by Gasteiger charge is -1.98. The molecule has 0 spiro atoms. The van der Waals surface area contributed by atoms with Gasteiger partial charge in [-0.05, 0) is 24.6 Å². The SMILES string of the molecule is Cc1cc2c(nc1N)[nH]c1ccccc12. The molecule has 3 rings (SSSR count). The van der Waals surface area contributed by atoms with Crippen LogP contribution in [0.2, 0.25) is 0 Å². The van der Waals surface area contributed by atoms with Crippen molar-refractivity contribution in [3.8, 4) is 0 Å². The van der Waals surface area contributed by atoms with Gasteiger partial charge in [-0.3, -0.25) is 0 Å². The summed E-state index contributed by atoms with van der Waals surface area (Å²) in [5.41, 5.74) is 8.76. The van der Waals surface area contributed by atoms with E-state index in [0.29, 0.717) is 5.82 Å². The van der Waals surface area contributed by atoms with Crippen LogP contribution in [0.1, 0.15) is 5.56 Å². The smallest absolute Gasteiger partial charge is 0.140 e. The monoisotopic (exact) mass is 197 g/mol. The zero-order valence-electron chi connectivity index (χ0n) is 8.41. The molecule has 3 aromatic rings. The molecule has 0 bridgehead atoms. The van der Waals surface area contributed by atoms with E-state index in [1.165, 1.54) is 5.39 Å². The topological polar surface area (TPSA) is 54.7 Å². The second-order valence-corrected chi connectivity index (χ2v) is 3.76. The van der Waals surface area contributed by atoms with Gasteiger partial charge in [-0.1, -0.05) is 18.2 Å². The first-order chi connectivity index (χ1) is 7.25. The normalized spacial score (nSPS) is 11.3. The maximum absolute atomic E-state index is 5.78. The first-order valence-corrected chi connectivity index (χ1v) is 4.89. The van der Waals surface area contributed by atoms with Crippen molar-refractivity contribution in [2.75, 3.05) is 5.73 Å². The quantitative estimate of drug-likeness (QED) is 0.582. The first kappa shape index (κ1) is 8.29. The number of aromatic amines is 1. The Bertz CT molecular complexity index is 652. The maximum atomic E-state index is 5.78. The predicted molar refractivity (Wildman–Crippen MR) is 62.7 cm³/mol. The Labute approximate surface area is 86.9 Å². The number of anilines is 1. The van der Waals surface area contributed by atoms with Gasteiger partial charge in [0.05, 0.1) is 0 Å². The Morgan fingerprint density at radius 3 is 2.87 bits per heavy atom. The minimum absolute atomic E-state index is 0.592. The molecule has 0 radical (unpaired) electrons. The molecule has 1 aromatic carbocycles. The van der Waals surface area contributed by atoms with Crippen molar-refractivity contribution in [2.24, 2.45) is 0 Å². The molecule has 0 unspecified atom stereocenters. The molecule has 0 aliphatic rings. The van der Waals surface area contributed by atoms with E-state index in [4.69, 9.17) is 5.73 Å². The molecule has 74 valence electrons. The molecule has 0 aliphatic carbocycles. The molecule has 2 heterocycles. The molecule has 0 atom stereocenters. The highest BCUT2D eigenvalue weighted by Crippen LogP contribution is 2.26. The van der Waals surface area contributed by atoms with E-state index in [9.17, 15) is 0 Å². The number of nitrogens with two attached hydrogens (primary N) is 1. The highest BCUT2D eigenvalue weighted by molar-refractivity contribution is 6.06. The number of aromatic nitrogens is 2. The van der Waals surface area contributed by atoms with E-state index < -0.39 is 0 Å². The van der Waals surface area contributed by atoms with Crippen LogP contribution in [0.15, 0.2) is 30.3 Å². The molecular weight excluding hydrogens is 186 g/mol. The van der Waals surface area contributed by atoms with Crippen LogP contribution in [0.4, 0.5) is 5.82 Å². The fourth-order valence-electron chi connectivity index (χ4n) is 1.88. The van der Waals surface area contributed by atoms with E-state index in [0.717, 1.165) is 22.1 Å². The van der Waals surface area contributed by atoms with Crippen LogP contribution in [0, 0.1) is 6.92 Å². The number of benzene rings is 1. The van der Waals surface area contributed by atoms with Gasteiger partial charge in [0.1, 0.15) is 11.5 Å². The van der Waals surface area contributed by atoms with Crippen LogP contribution < -0.4 is 5.73 Å². The second-order valence-electron chi connectivity index (χ2n) is 3.76. The molecule has 3 nitrogen and oxygen atoms in total. The summed E-state index contributed by atoms with van der Waals surface area (Å²) < 4.78 is 0. The average Bonchev–Trinajstić information content (AvgIpc) is 2.57. The number of nitrogens with zero attached hydrogens (tertiary/aromatic N) is 1. The van der Waals surface area contributed by atoms with E-state index in [2.05, 4.69) is 22.1 Å². The minimum atomic E-state index is 0.592. The highest BCUT2D eigenvalue weighted by Gasteiger charge is 2.06. The molecule has 3 heteroatoms. The largest absolute Gasteiger partial charge is 0.383 e. The van der Waals surface area contributed by atoms with Crippen LogP contribution in [0.3, 0.4) is 0 Å². The van der Waals surface area contributed by atoms with Crippen LogP contribution >= 0.6 is 0 Å². The van der Waals surface area contributed by atoms with Crippen molar-refractivity contribution < 1.29 is 0 Å². The third kappa shape index (κ3) is 1.09. The van der Waals surface area contributed by atoms with Gasteiger partial charge < -0.3 is 10.7 Å². The van der Waals surface area contributed by atoms with E-state index in [1.807, 2.05) is 25.1 Å². The molecule has 0 saturated heterocycles. The number of para-hydroxylation sites is 1. The van der Waals surface area contributed by atoms with Crippen molar-refractivity contribution in [1.82, 2.24) is 9.97 Å². The predicted octanol–water partition coefficient (Wildman–Crippen LogP) is 2.61. The molecule has 0 amide bonds. The lowest BCUT2D eigenvalue weighted by atomic mass is 10.1. The molecule has 0 saturated carbocycles. The van der Waals surface area contributed by atoms with Crippen molar-refractivity contribution in [3.63, 3.8) is 0 Å². The summed E-state index contributed by atoms with van der Waals surface area (Å²) in [4.78, 5) is 7.59. The Kier molecular flexibility index (Phi) is 1.51. The summed E-state index contributed by atoms with van der Waals surface area (Å²) in [7, 11) is 0. The third-order valence-corrected chi connectivity index (χ3v) is 2.72. The Morgan fingerprint density at radius 2 is 2.00 bits per heavy atom. The zero-order chi connectivity index (χ0) is 10.4. The van der Waals surface area contributed by atoms with Gasteiger partial charge in [0.2, 0.25) is 0 Å². The summed E-state index contributed by atoms with van der Waals surface area (Å²) in [6, 6.07) is 10.2. The van der Waals surface area contributed by atoms with Crippen molar-refractivity contribution >= 4 is 27.8 Å². The van der Waals surface area contributed by atoms with Crippen LogP contribution in [-0.4, -0.2) is 9.97 Å². The van der Waals surface area contributed by atoms with Crippen molar-refractivity contribution in [3.05, 3.63) is 35.9 Å². The Hall–Kier alpha value is -2.03. The average molecular weight is 197 g/mol. The van der Waals surface area contributed by atoms with Crippen molar-refractivity contribution in [2.45, 2.75) is 6.92 Å². The van der Waals surface area contributed by atoms with Gasteiger partial charge in [-0.15, -0.1) is 0 Å². The standard InChI is InChI=1S/C12H11N3/c1-7-6-9-8-4-2-3-5-10(8)14-12(9)15-11(7)13/h2-6H,1H3,(H3,13,14,15). The number of fused-ring (bicyclic) bond motifs is 3. The van der Waals surface area contributed by atoms with E-state index >= 15 is 0 Å². The lowest BCUT2D eigenvalue weighted by molar-refractivity contribution is 1.31. The fraction of sp³-hybridized carbons (Fsp3) is 0.0833. The fourth-order valence-corrected chi connectivity index (χ4v) is 1.88. The Morgan fingerprint density at radius 1 is 1.20 bits per heavy atom. The molecular formula is C12H11N3. The van der Waals surface area contributed by atoms with Crippen LogP contribution in [-0.2, 0) is 0 Å². The lowest BCUT2D eigenvalue weighted by Crippen LogP contribution is -1.93. The highest BCUT2D eigenvalue weighted by atomic mass is 14.9. The summed E-state index contributed by atoms with van der Waals surface area (Å²) in [6.45, 7) is 1.98. The van der Waals surface area contributed by atoms with E-state index in [-0.39, 0.29) is 0 Å². The van der Waals surface area contributed by atoms with Crippen LogP contribution in [0.25, 0.3) is 21.9 Å². The minimum Gasteiger partial charge on any atom is -0.383 e. The number of hydrogen-bond acceptors (Lipinski definition) is 2. The number of H-pyrrole nitrogens is 1. The molecule has 3 N–H and O–H groups in total. The zero-order valence-corrected chi connectivity index (χ0v) is 8.41. The van der Waals surface area contributed by atoms with Gasteiger partial charge in [-0.2, -0.15) is 0 Å². The summed E-state index contributed by atoms with van der Waals surface area (Å²) >= 11 is 0. The Balaban J connectivity index is 2.56. The summed E-state index contributed by atoms with van der Waals surface area (Å²) in [5, 5.41) is 2.33.